The Balaban J connectivity index is 2.63. The van der Waals surface area contributed by atoms with E-state index in [-0.39, 0.29) is 0 Å². The molecular formula is C9H17NO2. The average Bonchev–Trinajstić information content (AvgIpc) is 1.94. The van der Waals surface area contributed by atoms with Crippen LogP contribution in [0.4, 0.5) is 0 Å². The van der Waals surface area contributed by atoms with E-state index >= 15 is 0 Å². The maximum Gasteiger partial charge on any atom is 0.105 e. The molecule has 1 heterocycles. The van der Waals surface area contributed by atoms with Gasteiger partial charge in [0.1, 0.15) is 5.60 Å². The van der Waals surface area contributed by atoms with E-state index in [0.29, 0.717) is 13.0 Å². The Morgan fingerprint density at radius 3 is 2.67 bits per heavy atom. The summed E-state index contributed by atoms with van der Waals surface area (Å²) in [5.41, 5.74) is -0.0424. The Labute approximate surface area is 73.3 Å². The lowest BCUT2D eigenvalue weighted by Crippen LogP contribution is -2.54. The molecule has 0 spiro atoms. The van der Waals surface area contributed by atoms with E-state index in [0.717, 1.165) is 12.2 Å². The van der Waals surface area contributed by atoms with Gasteiger partial charge in [-0.15, -0.1) is 0 Å². The predicted molar refractivity (Wildman–Crippen MR) is 47.6 cm³/mol. The van der Waals surface area contributed by atoms with E-state index in [9.17, 15) is 10.2 Å². The monoisotopic (exact) mass is 171 g/mol. The summed E-state index contributed by atoms with van der Waals surface area (Å²) >= 11 is 0. The molecule has 3 nitrogen and oxygen atoms in total. The van der Waals surface area contributed by atoms with Crippen LogP contribution in [-0.4, -0.2) is 39.9 Å². The molecule has 0 aromatic carbocycles. The number of piperidine rings is 1. The van der Waals surface area contributed by atoms with E-state index < -0.39 is 11.7 Å². The summed E-state index contributed by atoms with van der Waals surface area (Å²) in [5, 5.41) is 19.2. The normalized spacial score (nSPS) is 36.7. The molecule has 0 radical (unpaired) electrons. The molecule has 2 N–H and O–H groups in total. The number of aliphatic hydroxyl groups is 2. The summed E-state index contributed by atoms with van der Waals surface area (Å²) in [6.45, 7) is 8.63. The van der Waals surface area contributed by atoms with Crippen molar-refractivity contribution >= 4 is 0 Å². The lowest BCUT2D eigenvalue weighted by Gasteiger charge is -2.41. The summed E-state index contributed by atoms with van der Waals surface area (Å²) in [5.74, 6) is 0. The van der Waals surface area contributed by atoms with Gasteiger partial charge in [-0.2, -0.15) is 0 Å². The summed E-state index contributed by atoms with van der Waals surface area (Å²) < 4.78 is 0. The first-order chi connectivity index (χ1) is 5.43. The van der Waals surface area contributed by atoms with Crippen molar-refractivity contribution in [1.82, 2.24) is 4.90 Å². The molecule has 70 valence electrons. The largest absolute Gasteiger partial charge is 0.390 e. The molecule has 1 fully saturated rings. The zero-order chi connectivity index (χ0) is 9.35. The third-order valence-electron chi connectivity index (χ3n) is 2.44. The minimum absolute atomic E-state index is 0.476. The molecule has 3 heteroatoms. The minimum atomic E-state index is -0.989. The van der Waals surface area contributed by atoms with Crippen LogP contribution >= 0.6 is 0 Å². The highest BCUT2D eigenvalue weighted by Crippen LogP contribution is 2.22. The quantitative estimate of drug-likeness (QED) is 0.598. The van der Waals surface area contributed by atoms with Crippen molar-refractivity contribution in [3.05, 3.63) is 12.3 Å². The molecule has 1 aliphatic rings. The highest BCUT2D eigenvalue weighted by molar-refractivity contribution is 4.99. The van der Waals surface area contributed by atoms with Crippen molar-refractivity contribution in [3.8, 4) is 0 Å². The van der Waals surface area contributed by atoms with Crippen LogP contribution in [0.1, 0.15) is 20.3 Å². The maximum atomic E-state index is 9.73. The van der Waals surface area contributed by atoms with Crippen molar-refractivity contribution in [3.63, 3.8) is 0 Å². The number of likely N-dealkylation sites (tertiary alicyclic amines) is 1. The van der Waals surface area contributed by atoms with Crippen LogP contribution in [0.3, 0.4) is 0 Å². The Hall–Kier alpha value is -0.540. The minimum Gasteiger partial charge on any atom is -0.390 e. The highest BCUT2D eigenvalue weighted by Gasteiger charge is 2.36. The van der Waals surface area contributed by atoms with Gasteiger partial charge in [-0.25, -0.2) is 0 Å². The van der Waals surface area contributed by atoms with Gasteiger partial charge >= 0.3 is 0 Å². The first-order valence-electron chi connectivity index (χ1n) is 4.24. The van der Waals surface area contributed by atoms with Crippen LogP contribution < -0.4 is 0 Å². The zero-order valence-electron chi connectivity index (χ0n) is 7.75. The first kappa shape index (κ1) is 9.55. The van der Waals surface area contributed by atoms with Gasteiger partial charge in [0.2, 0.25) is 0 Å². The van der Waals surface area contributed by atoms with Gasteiger partial charge in [-0.3, -0.25) is 0 Å². The lowest BCUT2D eigenvalue weighted by atomic mass is 9.91. The number of rotatable bonds is 1. The van der Waals surface area contributed by atoms with E-state index in [1.165, 1.54) is 0 Å². The molecule has 1 saturated heterocycles. The Bertz CT molecular complexity index is 189. The average molecular weight is 171 g/mol. The SMILES string of the molecule is C=C(C)N1CCC(O)C(C)(O)C1. The molecular weight excluding hydrogens is 154 g/mol. The van der Waals surface area contributed by atoms with Gasteiger partial charge in [0.25, 0.3) is 0 Å². The number of allylic oxidation sites excluding steroid dienone is 1. The molecule has 0 saturated carbocycles. The van der Waals surface area contributed by atoms with Gasteiger partial charge in [0, 0.05) is 18.8 Å². The topological polar surface area (TPSA) is 43.7 Å². The highest BCUT2D eigenvalue weighted by atomic mass is 16.3. The molecule has 0 bridgehead atoms. The van der Waals surface area contributed by atoms with Crippen LogP contribution in [0.2, 0.25) is 0 Å². The number of hydrogen-bond donors (Lipinski definition) is 2. The molecule has 0 aromatic rings. The van der Waals surface area contributed by atoms with Gasteiger partial charge in [0.05, 0.1) is 6.10 Å². The van der Waals surface area contributed by atoms with E-state index in [1.807, 2.05) is 11.8 Å². The Morgan fingerprint density at radius 1 is 1.67 bits per heavy atom. The number of β-amino-alcohol motifs (C(OH)–C–C–N with tert-alkyl or cyclic N) is 1. The van der Waals surface area contributed by atoms with Crippen molar-refractivity contribution in [2.45, 2.75) is 32.0 Å². The second-order valence-electron chi connectivity index (χ2n) is 3.82. The Morgan fingerprint density at radius 2 is 2.25 bits per heavy atom. The summed E-state index contributed by atoms with van der Waals surface area (Å²) in [6.07, 6.45) is 0.00736. The van der Waals surface area contributed by atoms with Crippen LogP contribution in [0.15, 0.2) is 12.3 Å². The number of nitrogens with zero attached hydrogens (tertiary/aromatic N) is 1. The van der Waals surface area contributed by atoms with Gasteiger partial charge < -0.3 is 15.1 Å². The molecule has 0 amide bonds. The van der Waals surface area contributed by atoms with Crippen molar-refractivity contribution in [2.24, 2.45) is 0 Å². The molecule has 0 aliphatic carbocycles. The molecule has 2 atom stereocenters. The van der Waals surface area contributed by atoms with Crippen LogP contribution in [0, 0.1) is 0 Å². The molecule has 2 unspecified atom stereocenters. The number of hydrogen-bond acceptors (Lipinski definition) is 3. The van der Waals surface area contributed by atoms with Crippen molar-refractivity contribution in [2.75, 3.05) is 13.1 Å². The predicted octanol–water partition coefficient (Wildman–Crippen LogP) is 0.338. The molecule has 0 aromatic heterocycles. The third-order valence-corrected chi connectivity index (χ3v) is 2.44. The van der Waals surface area contributed by atoms with Gasteiger partial charge in [0.15, 0.2) is 0 Å². The van der Waals surface area contributed by atoms with E-state index in [2.05, 4.69) is 6.58 Å². The number of aliphatic hydroxyl groups excluding tert-OH is 1. The summed E-state index contributed by atoms with van der Waals surface area (Å²) in [4.78, 5) is 1.99. The van der Waals surface area contributed by atoms with E-state index in [4.69, 9.17) is 0 Å². The summed E-state index contributed by atoms with van der Waals surface area (Å²) in [6, 6.07) is 0. The third kappa shape index (κ3) is 1.79. The van der Waals surface area contributed by atoms with Crippen LogP contribution in [0.25, 0.3) is 0 Å². The van der Waals surface area contributed by atoms with E-state index in [1.54, 1.807) is 6.92 Å². The fourth-order valence-corrected chi connectivity index (χ4v) is 1.49. The second-order valence-corrected chi connectivity index (χ2v) is 3.82. The van der Waals surface area contributed by atoms with Crippen LogP contribution in [-0.2, 0) is 0 Å². The first-order valence-corrected chi connectivity index (χ1v) is 4.24. The van der Waals surface area contributed by atoms with Gasteiger partial charge in [-0.05, 0) is 20.3 Å². The summed E-state index contributed by atoms with van der Waals surface area (Å²) in [7, 11) is 0. The van der Waals surface area contributed by atoms with Crippen molar-refractivity contribution in [1.29, 1.82) is 0 Å². The fraction of sp³-hybridized carbons (Fsp3) is 0.778. The molecule has 1 aliphatic heterocycles. The standard InChI is InChI=1S/C9H17NO2/c1-7(2)10-5-4-8(11)9(3,12)6-10/h8,11-12H,1,4-6H2,2-3H3. The fourth-order valence-electron chi connectivity index (χ4n) is 1.49. The van der Waals surface area contributed by atoms with Crippen molar-refractivity contribution < 1.29 is 10.2 Å². The molecule has 1 rings (SSSR count). The Kier molecular flexibility index (Phi) is 2.44. The smallest absolute Gasteiger partial charge is 0.105 e. The lowest BCUT2D eigenvalue weighted by molar-refractivity contribution is -0.102. The zero-order valence-corrected chi connectivity index (χ0v) is 7.75. The molecule has 12 heavy (non-hydrogen) atoms. The second kappa shape index (κ2) is 3.07. The van der Waals surface area contributed by atoms with Gasteiger partial charge in [-0.1, -0.05) is 6.58 Å². The maximum absolute atomic E-state index is 9.73. The van der Waals surface area contributed by atoms with Crippen LogP contribution in [0.5, 0.6) is 0 Å².